The summed E-state index contributed by atoms with van der Waals surface area (Å²) in [6, 6.07) is 6.32. The van der Waals surface area contributed by atoms with Gasteiger partial charge in [0.05, 0.1) is 39.0 Å². The molecule has 0 radical (unpaired) electrons. The average Bonchev–Trinajstić information content (AvgIpc) is 3.03. The highest BCUT2D eigenvalue weighted by atomic mass is 32.2. The van der Waals surface area contributed by atoms with Crippen LogP contribution in [0.25, 0.3) is 10.2 Å². The number of anilines is 1. The molecular weight excluding hydrogens is 413 g/mol. The lowest BCUT2D eigenvalue weighted by Gasteiger charge is -2.32. The zero-order valence-electron chi connectivity index (χ0n) is 14.0. The second-order valence-corrected chi connectivity index (χ2v) is 8.39. The fourth-order valence-corrected chi connectivity index (χ4v) is 5.11. The number of carboxylic acids is 1. The third-order valence-corrected chi connectivity index (χ3v) is 6.47. The highest BCUT2D eigenvalue weighted by molar-refractivity contribution is 8.01. The summed E-state index contributed by atoms with van der Waals surface area (Å²) in [5.41, 5.74) is 0.576. The number of thiazole rings is 1. The molecule has 0 bridgehead atoms. The van der Waals surface area contributed by atoms with Gasteiger partial charge in [-0.05, 0) is 24.3 Å². The van der Waals surface area contributed by atoms with Crippen molar-refractivity contribution < 1.29 is 27.9 Å². The van der Waals surface area contributed by atoms with E-state index in [-0.39, 0.29) is 17.1 Å². The van der Waals surface area contributed by atoms with Crippen LogP contribution in [0.4, 0.5) is 18.9 Å². The average molecular weight is 424 g/mol. The Kier molecular flexibility index (Phi) is 4.76. The molecule has 0 saturated heterocycles. The minimum atomic E-state index is -1.22. The van der Waals surface area contributed by atoms with Crippen LogP contribution in [0, 0.1) is 17.5 Å². The Morgan fingerprint density at radius 1 is 1.21 bits per heavy atom. The van der Waals surface area contributed by atoms with Crippen molar-refractivity contribution in [1.82, 2.24) is 4.98 Å². The summed E-state index contributed by atoms with van der Waals surface area (Å²) in [6.45, 7) is -0.0610. The molecule has 4 rings (SSSR count). The Labute approximate surface area is 164 Å². The maximum Gasteiger partial charge on any atom is 0.305 e. The monoisotopic (exact) mass is 424 g/mol. The number of carboxylic acid groups (broad SMARTS) is 1. The van der Waals surface area contributed by atoms with Crippen molar-refractivity contribution in [2.45, 2.75) is 23.1 Å². The van der Waals surface area contributed by atoms with E-state index >= 15 is 0 Å². The van der Waals surface area contributed by atoms with E-state index in [0.717, 1.165) is 6.07 Å². The largest absolute Gasteiger partial charge is 0.481 e. The molecule has 0 fully saturated rings. The standard InChI is InChI=1S/C18H11F3N2O3S2/c19-8-1-4-12-10(5-8)22-14(27-12)7-23-11-3-2-9(20)16(21)17(11)28-13(18(23)26)6-15(24)25/h1-5,13H,6-7H2,(H,24,25). The first kappa shape index (κ1) is 18.8. The second kappa shape index (κ2) is 7.10. The predicted octanol–water partition coefficient (Wildman–Crippen LogP) is 4.20. The van der Waals surface area contributed by atoms with Crippen LogP contribution in [0.15, 0.2) is 35.2 Å². The van der Waals surface area contributed by atoms with Gasteiger partial charge in [0.2, 0.25) is 5.91 Å². The number of amides is 1. The summed E-state index contributed by atoms with van der Waals surface area (Å²) in [5, 5.41) is 8.43. The van der Waals surface area contributed by atoms with Gasteiger partial charge in [-0.3, -0.25) is 9.59 Å². The molecule has 1 aliphatic heterocycles. The van der Waals surface area contributed by atoms with Crippen LogP contribution in [-0.4, -0.2) is 27.2 Å². The Hall–Kier alpha value is -2.59. The van der Waals surface area contributed by atoms with Crippen LogP contribution in [0.1, 0.15) is 11.4 Å². The number of halogens is 3. The number of fused-ring (bicyclic) bond motifs is 2. The third-order valence-electron chi connectivity index (χ3n) is 4.17. The molecule has 0 aliphatic carbocycles. The van der Waals surface area contributed by atoms with Crippen molar-refractivity contribution in [2.75, 3.05) is 4.90 Å². The molecule has 1 unspecified atom stereocenters. The summed E-state index contributed by atoms with van der Waals surface area (Å²) in [4.78, 5) is 29.3. The minimum absolute atomic E-state index is 0.0610. The normalized spacial score (nSPS) is 16.5. The van der Waals surface area contributed by atoms with E-state index in [0.29, 0.717) is 27.0 Å². The minimum Gasteiger partial charge on any atom is -0.481 e. The van der Waals surface area contributed by atoms with Crippen LogP contribution in [-0.2, 0) is 16.1 Å². The van der Waals surface area contributed by atoms with Crippen LogP contribution in [0.2, 0.25) is 0 Å². The highest BCUT2D eigenvalue weighted by Gasteiger charge is 2.37. The van der Waals surface area contributed by atoms with E-state index in [1.54, 1.807) is 6.07 Å². The lowest BCUT2D eigenvalue weighted by atomic mass is 10.2. The van der Waals surface area contributed by atoms with Gasteiger partial charge in [0.1, 0.15) is 10.8 Å². The van der Waals surface area contributed by atoms with Crippen molar-refractivity contribution in [1.29, 1.82) is 0 Å². The Balaban J connectivity index is 1.75. The molecule has 144 valence electrons. The molecule has 1 aliphatic rings. The van der Waals surface area contributed by atoms with Gasteiger partial charge in [-0.1, -0.05) is 0 Å². The van der Waals surface area contributed by atoms with Gasteiger partial charge in [0.25, 0.3) is 0 Å². The summed E-state index contributed by atoms with van der Waals surface area (Å²) < 4.78 is 42.1. The molecule has 2 heterocycles. The summed E-state index contributed by atoms with van der Waals surface area (Å²) >= 11 is 1.94. The first-order chi connectivity index (χ1) is 13.3. The number of carbonyl (C=O) groups excluding carboxylic acids is 1. The van der Waals surface area contributed by atoms with Crippen LogP contribution >= 0.6 is 23.1 Å². The summed E-state index contributed by atoms with van der Waals surface area (Å²) in [6.07, 6.45) is -0.527. The topological polar surface area (TPSA) is 70.5 Å². The SMILES string of the molecule is O=C(O)CC1Sc2c(ccc(F)c2F)N(Cc2nc3cc(F)ccc3s2)C1=O. The number of aromatic nitrogens is 1. The van der Waals surface area contributed by atoms with E-state index < -0.39 is 41.0 Å². The van der Waals surface area contributed by atoms with Gasteiger partial charge in [0, 0.05) is 6.07 Å². The number of aliphatic carboxylic acids is 1. The maximum atomic E-state index is 14.3. The fourth-order valence-electron chi connectivity index (χ4n) is 2.93. The molecule has 1 amide bonds. The predicted molar refractivity (Wildman–Crippen MR) is 99.0 cm³/mol. The zero-order chi connectivity index (χ0) is 20.0. The number of hydrogen-bond donors (Lipinski definition) is 1. The summed E-state index contributed by atoms with van der Waals surface area (Å²) in [5.74, 6) is -4.40. The number of benzene rings is 2. The van der Waals surface area contributed by atoms with Crippen molar-refractivity contribution in [3.05, 3.63) is 52.8 Å². The van der Waals surface area contributed by atoms with Crippen molar-refractivity contribution in [2.24, 2.45) is 0 Å². The van der Waals surface area contributed by atoms with Gasteiger partial charge >= 0.3 is 5.97 Å². The number of hydrogen-bond acceptors (Lipinski definition) is 5. The van der Waals surface area contributed by atoms with Crippen LogP contribution < -0.4 is 4.90 Å². The van der Waals surface area contributed by atoms with Crippen molar-refractivity contribution in [3.63, 3.8) is 0 Å². The molecule has 3 aromatic rings. The maximum absolute atomic E-state index is 14.3. The number of thioether (sulfide) groups is 1. The molecular formula is C18H11F3N2O3S2. The number of rotatable bonds is 4. The molecule has 1 aromatic heterocycles. The lowest BCUT2D eigenvalue weighted by Crippen LogP contribution is -2.41. The quantitative estimate of drug-likeness (QED) is 0.680. The van der Waals surface area contributed by atoms with E-state index in [2.05, 4.69) is 4.98 Å². The highest BCUT2D eigenvalue weighted by Crippen LogP contribution is 2.43. The van der Waals surface area contributed by atoms with E-state index in [9.17, 15) is 22.8 Å². The second-order valence-electron chi connectivity index (χ2n) is 6.06. The lowest BCUT2D eigenvalue weighted by molar-refractivity contribution is -0.138. The van der Waals surface area contributed by atoms with E-state index in [1.807, 2.05) is 0 Å². The van der Waals surface area contributed by atoms with Gasteiger partial charge in [-0.2, -0.15) is 0 Å². The van der Waals surface area contributed by atoms with Crippen molar-refractivity contribution in [3.8, 4) is 0 Å². The Morgan fingerprint density at radius 2 is 2.00 bits per heavy atom. The molecule has 10 heteroatoms. The fraction of sp³-hybridized carbons (Fsp3) is 0.167. The molecule has 0 spiro atoms. The van der Waals surface area contributed by atoms with Crippen LogP contribution in [0.3, 0.4) is 0 Å². The van der Waals surface area contributed by atoms with Gasteiger partial charge in [-0.25, -0.2) is 18.2 Å². The molecule has 1 atom stereocenters. The van der Waals surface area contributed by atoms with Gasteiger partial charge in [-0.15, -0.1) is 23.1 Å². The smallest absolute Gasteiger partial charge is 0.305 e. The number of carbonyl (C=O) groups is 2. The third kappa shape index (κ3) is 3.33. The van der Waals surface area contributed by atoms with Gasteiger partial charge < -0.3 is 10.0 Å². The van der Waals surface area contributed by atoms with Crippen molar-refractivity contribution >= 4 is 50.9 Å². The first-order valence-corrected chi connectivity index (χ1v) is 9.76. The zero-order valence-corrected chi connectivity index (χ0v) is 15.6. The molecule has 28 heavy (non-hydrogen) atoms. The van der Waals surface area contributed by atoms with E-state index in [1.165, 1.54) is 34.4 Å². The molecule has 0 saturated carbocycles. The number of nitrogens with zero attached hydrogens (tertiary/aromatic N) is 2. The van der Waals surface area contributed by atoms with Gasteiger partial charge in [0.15, 0.2) is 11.6 Å². The Morgan fingerprint density at radius 3 is 2.75 bits per heavy atom. The Bertz CT molecular complexity index is 1120. The first-order valence-electron chi connectivity index (χ1n) is 8.06. The molecule has 1 N–H and O–H groups in total. The van der Waals surface area contributed by atoms with E-state index in [4.69, 9.17) is 5.11 Å². The molecule has 5 nitrogen and oxygen atoms in total. The molecule has 2 aromatic carbocycles. The van der Waals surface area contributed by atoms with Crippen LogP contribution in [0.5, 0.6) is 0 Å². The summed E-state index contributed by atoms with van der Waals surface area (Å²) in [7, 11) is 0.